The van der Waals surface area contributed by atoms with Crippen LogP contribution in [0.4, 0.5) is 11.4 Å². The molecule has 4 aromatic rings. The molecule has 0 fully saturated rings. The molecule has 3 aromatic carbocycles. The Morgan fingerprint density at radius 3 is 2.43 bits per heavy atom. The smallest absolute Gasteiger partial charge is 0.258 e. The van der Waals surface area contributed by atoms with Crippen LogP contribution in [-0.4, -0.2) is 33.9 Å². The zero-order valence-electron chi connectivity index (χ0n) is 19.7. The van der Waals surface area contributed by atoms with E-state index in [0.717, 1.165) is 47.5 Å². The number of carbonyl (C=O) groups excluding carboxylic acids is 1. The van der Waals surface area contributed by atoms with Gasteiger partial charge in [0.15, 0.2) is 0 Å². The lowest BCUT2D eigenvalue weighted by atomic mass is 9.99. The summed E-state index contributed by atoms with van der Waals surface area (Å²) >= 11 is 6.18. The van der Waals surface area contributed by atoms with Crippen molar-refractivity contribution in [3.63, 3.8) is 0 Å². The Morgan fingerprint density at radius 2 is 1.69 bits per heavy atom. The van der Waals surface area contributed by atoms with E-state index in [9.17, 15) is 4.79 Å². The van der Waals surface area contributed by atoms with E-state index in [0.29, 0.717) is 22.0 Å². The summed E-state index contributed by atoms with van der Waals surface area (Å²) in [6, 6.07) is 19.6. The van der Waals surface area contributed by atoms with Crippen LogP contribution in [-0.2, 0) is 11.3 Å². The van der Waals surface area contributed by atoms with Crippen molar-refractivity contribution in [3.8, 4) is 0 Å². The van der Waals surface area contributed by atoms with E-state index in [1.165, 1.54) is 5.56 Å². The minimum absolute atomic E-state index is 0.179. The molecular weight excluding hydrogens is 458 g/mol. The average Bonchev–Trinajstić information content (AvgIpc) is 3.20. The third-order valence-electron chi connectivity index (χ3n) is 6.26. The number of nitrogens with one attached hydrogen (secondary N) is 2. The molecule has 7 heteroatoms. The number of anilines is 2. The summed E-state index contributed by atoms with van der Waals surface area (Å²) in [6.45, 7) is 7.26. The third-order valence-corrected chi connectivity index (χ3v) is 6.49. The van der Waals surface area contributed by atoms with Crippen LogP contribution < -0.4 is 10.6 Å². The molecule has 0 saturated heterocycles. The molecule has 176 valence electrons. The zero-order chi connectivity index (χ0) is 24.4. The molecule has 0 spiro atoms. The topological polar surface area (TPSA) is 70.2 Å². The highest BCUT2D eigenvalue weighted by molar-refractivity contribution is 6.38. The molecule has 0 atom stereocenters. The first kappa shape index (κ1) is 23.0. The maximum absolute atomic E-state index is 13.2. The van der Waals surface area contributed by atoms with Gasteiger partial charge in [0, 0.05) is 40.8 Å². The van der Waals surface area contributed by atoms with E-state index in [4.69, 9.17) is 11.6 Å². The van der Waals surface area contributed by atoms with Crippen molar-refractivity contribution < 1.29 is 4.79 Å². The summed E-state index contributed by atoms with van der Waals surface area (Å²) in [5, 5.41) is 7.04. The van der Waals surface area contributed by atoms with Crippen LogP contribution in [0, 0.1) is 0 Å². The minimum Gasteiger partial charge on any atom is -0.354 e. The van der Waals surface area contributed by atoms with E-state index in [-0.39, 0.29) is 5.91 Å². The van der Waals surface area contributed by atoms with Crippen molar-refractivity contribution in [2.24, 2.45) is 0 Å². The molecule has 0 saturated carbocycles. The first-order valence-corrected chi connectivity index (χ1v) is 12.1. The molecule has 0 bridgehead atoms. The number of hydrogen-bond donors (Lipinski definition) is 2. The summed E-state index contributed by atoms with van der Waals surface area (Å²) in [4.78, 5) is 24.4. The summed E-state index contributed by atoms with van der Waals surface area (Å²) < 4.78 is 0. The number of amides is 1. The van der Waals surface area contributed by atoms with Gasteiger partial charge in [-0.15, -0.1) is 0 Å². The van der Waals surface area contributed by atoms with Crippen LogP contribution in [0.2, 0.25) is 5.02 Å². The lowest BCUT2D eigenvalue weighted by Gasteiger charge is -2.19. The van der Waals surface area contributed by atoms with Gasteiger partial charge in [0.1, 0.15) is 0 Å². The first-order chi connectivity index (χ1) is 17.1. The first-order valence-electron chi connectivity index (χ1n) is 11.7. The molecule has 2 N–H and O–H groups in total. The second kappa shape index (κ2) is 9.86. The van der Waals surface area contributed by atoms with E-state index in [1.807, 2.05) is 24.3 Å². The fourth-order valence-corrected chi connectivity index (χ4v) is 4.51. The van der Waals surface area contributed by atoms with Gasteiger partial charge in [-0.2, -0.15) is 0 Å². The zero-order valence-corrected chi connectivity index (χ0v) is 20.4. The molecule has 5 rings (SSSR count). The van der Waals surface area contributed by atoms with Gasteiger partial charge in [0.05, 0.1) is 28.0 Å². The molecule has 35 heavy (non-hydrogen) atoms. The molecule has 0 aliphatic carbocycles. The minimum atomic E-state index is -0.179. The number of carbonyl (C=O) groups is 1. The molecule has 1 aliphatic rings. The van der Waals surface area contributed by atoms with Gasteiger partial charge < -0.3 is 10.6 Å². The lowest BCUT2D eigenvalue weighted by molar-refractivity contribution is -0.110. The Balaban J connectivity index is 1.59. The fraction of sp³-hybridized carbons (Fsp3) is 0.179. The van der Waals surface area contributed by atoms with Crippen LogP contribution in [0.15, 0.2) is 73.1 Å². The second-order valence-corrected chi connectivity index (χ2v) is 8.87. The van der Waals surface area contributed by atoms with Gasteiger partial charge in [-0.3, -0.25) is 19.7 Å². The van der Waals surface area contributed by atoms with Crippen LogP contribution in [0.25, 0.3) is 22.3 Å². The second-order valence-electron chi connectivity index (χ2n) is 8.44. The van der Waals surface area contributed by atoms with Gasteiger partial charge in [-0.25, -0.2) is 0 Å². The van der Waals surface area contributed by atoms with Crippen molar-refractivity contribution in [3.05, 3.63) is 94.8 Å². The molecule has 0 unspecified atom stereocenters. The number of benzene rings is 3. The Kier molecular flexibility index (Phi) is 6.49. The lowest BCUT2D eigenvalue weighted by Crippen LogP contribution is -2.22. The van der Waals surface area contributed by atoms with Crippen LogP contribution in [0.3, 0.4) is 0 Å². The number of halogens is 1. The van der Waals surface area contributed by atoms with Crippen LogP contribution >= 0.6 is 11.6 Å². The monoisotopic (exact) mass is 483 g/mol. The normalized spacial score (nSPS) is 14.2. The summed E-state index contributed by atoms with van der Waals surface area (Å²) in [6.07, 6.45) is 3.34. The molecule has 2 heterocycles. The van der Waals surface area contributed by atoms with Crippen LogP contribution in [0.5, 0.6) is 0 Å². The van der Waals surface area contributed by atoms with Gasteiger partial charge in [-0.05, 0) is 55.1 Å². The predicted octanol–water partition coefficient (Wildman–Crippen LogP) is 6.06. The molecule has 0 radical (unpaired) electrons. The Bertz CT molecular complexity index is 1430. The van der Waals surface area contributed by atoms with Crippen molar-refractivity contribution in [1.29, 1.82) is 0 Å². The maximum atomic E-state index is 13.2. The molecule has 1 aliphatic heterocycles. The van der Waals surface area contributed by atoms with Gasteiger partial charge in [0.2, 0.25) is 0 Å². The standard InChI is InChI=1S/C28H26ClN5O/c1-3-34(4-2)17-18-5-9-21(10-6-18)32-27(19-7-12-23-25(15-19)31-14-13-30-23)26-22-11-8-20(29)16-24(22)33-28(26)35/h5-16,32H,3-4,17H2,1-2H3,(H,33,35)/b27-26-. The van der Waals surface area contributed by atoms with Crippen molar-refractivity contribution in [2.75, 3.05) is 23.7 Å². The van der Waals surface area contributed by atoms with Crippen molar-refractivity contribution in [2.45, 2.75) is 20.4 Å². The quantitative estimate of drug-likeness (QED) is 0.313. The van der Waals surface area contributed by atoms with Gasteiger partial charge in [-0.1, -0.05) is 49.7 Å². The van der Waals surface area contributed by atoms with Crippen molar-refractivity contribution >= 4 is 51.2 Å². The largest absolute Gasteiger partial charge is 0.354 e. The highest BCUT2D eigenvalue weighted by atomic mass is 35.5. The SMILES string of the molecule is CCN(CC)Cc1ccc(N/C(=C2\C(=O)Nc3cc(Cl)ccc32)c2ccc3nccnc3c2)cc1. The highest BCUT2D eigenvalue weighted by Gasteiger charge is 2.28. The van der Waals surface area contributed by atoms with Crippen molar-refractivity contribution in [1.82, 2.24) is 14.9 Å². The number of aromatic nitrogens is 2. The Morgan fingerprint density at radius 1 is 0.943 bits per heavy atom. The van der Waals surface area contributed by atoms with E-state index < -0.39 is 0 Å². The Hall–Kier alpha value is -3.74. The summed E-state index contributed by atoms with van der Waals surface area (Å²) in [7, 11) is 0. The average molecular weight is 484 g/mol. The number of hydrogen-bond acceptors (Lipinski definition) is 5. The maximum Gasteiger partial charge on any atom is 0.258 e. The fourth-order valence-electron chi connectivity index (χ4n) is 4.33. The van der Waals surface area contributed by atoms with Gasteiger partial charge in [0.25, 0.3) is 5.91 Å². The van der Waals surface area contributed by atoms with E-state index in [2.05, 4.69) is 63.6 Å². The number of nitrogens with zero attached hydrogens (tertiary/aromatic N) is 3. The molecular formula is C28H26ClN5O. The summed E-state index contributed by atoms with van der Waals surface area (Å²) in [5.41, 5.74) is 7.31. The molecule has 1 amide bonds. The van der Waals surface area contributed by atoms with Gasteiger partial charge >= 0.3 is 0 Å². The summed E-state index contributed by atoms with van der Waals surface area (Å²) in [5.74, 6) is -0.179. The van der Waals surface area contributed by atoms with E-state index in [1.54, 1.807) is 24.5 Å². The predicted molar refractivity (Wildman–Crippen MR) is 143 cm³/mol. The number of rotatable bonds is 7. The Labute approximate surface area is 209 Å². The van der Waals surface area contributed by atoms with Crippen LogP contribution in [0.1, 0.15) is 30.5 Å². The highest BCUT2D eigenvalue weighted by Crippen LogP contribution is 2.39. The third kappa shape index (κ3) is 4.76. The number of fused-ring (bicyclic) bond motifs is 2. The molecule has 6 nitrogen and oxygen atoms in total. The molecule has 1 aromatic heterocycles. The van der Waals surface area contributed by atoms with E-state index >= 15 is 0 Å².